The number of nitriles is 1. The van der Waals surface area contributed by atoms with Gasteiger partial charge in [-0.3, -0.25) is 0 Å². The van der Waals surface area contributed by atoms with Gasteiger partial charge in [-0.1, -0.05) is 36.8 Å². The van der Waals surface area contributed by atoms with E-state index in [-0.39, 0.29) is 5.92 Å². The van der Waals surface area contributed by atoms with Gasteiger partial charge in [0, 0.05) is 17.8 Å². The Morgan fingerprint density at radius 3 is 2.84 bits per heavy atom. The molecule has 1 aliphatic carbocycles. The van der Waals surface area contributed by atoms with Crippen LogP contribution in [0.15, 0.2) is 30.3 Å². The molecule has 1 aliphatic rings. The minimum absolute atomic E-state index is 0.0316. The lowest BCUT2D eigenvalue weighted by molar-refractivity contribution is 0.379. The van der Waals surface area contributed by atoms with E-state index >= 15 is 0 Å². The van der Waals surface area contributed by atoms with Gasteiger partial charge in [-0.05, 0) is 31.1 Å². The third-order valence-corrected chi connectivity index (χ3v) is 5.02. The Hall–Kier alpha value is -0.980. The first kappa shape index (κ1) is 14.4. The Morgan fingerprint density at radius 1 is 1.37 bits per heavy atom. The molecule has 2 nitrogen and oxygen atoms in total. The Morgan fingerprint density at radius 2 is 2.16 bits per heavy atom. The minimum atomic E-state index is -0.0316. The standard InChI is InChI=1S/C16H22N2S/c1-19-16-9-5-8-15(10-16)18-12-14(11-17)13-6-3-2-4-7-13/h2-4,6-7,14-16,18H,5,8-10,12H2,1H3. The minimum Gasteiger partial charge on any atom is -0.312 e. The molecule has 19 heavy (non-hydrogen) atoms. The quantitative estimate of drug-likeness (QED) is 0.892. The molecule has 0 saturated heterocycles. The first-order valence-electron chi connectivity index (χ1n) is 7.04. The van der Waals surface area contributed by atoms with Crippen LogP contribution in [0.4, 0.5) is 0 Å². The van der Waals surface area contributed by atoms with E-state index in [2.05, 4.69) is 17.6 Å². The van der Waals surface area contributed by atoms with Crippen LogP contribution in [0, 0.1) is 11.3 Å². The normalized spacial score (nSPS) is 24.6. The largest absolute Gasteiger partial charge is 0.312 e. The molecule has 102 valence electrons. The zero-order valence-corrected chi connectivity index (χ0v) is 12.3. The first-order chi connectivity index (χ1) is 9.33. The van der Waals surface area contributed by atoms with Crippen molar-refractivity contribution in [1.82, 2.24) is 5.32 Å². The number of nitrogens with one attached hydrogen (secondary N) is 1. The summed E-state index contributed by atoms with van der Waals surface area (Å²) in [5.41, 5.74) is 1.12. The number of hydrogen-bond donors (Lipinski definition) is 1. The smallest absolute Gasteiger partial charge is 0.0837 e. The first-order valence-corrected chi connectivity index (χ1v) is 8.33. The highest BCUT2D eigenvalue weighted by atomic mass is 32.2. The van der Waals surface area contributed by atoms with Crippen molar-refractivity contribution < 1.29 is 0 Å². The second-order valence-corrected chi connectivity index (χ2v) is 6.36. The number of hydrogen-bond acceptors (Lipinski definition) is 3. The maximum absolute atomic E-state index is 9.31. The Kier molecular flexibility index (Phi) is 5.75. The maximum atomic E-state index is 9.31. The van der Waals surface area contributed by atoms with E-state index in [0.717, 1.165) is 17.4 Å². The number of nitrogens with zero attached hydrogens (tertiary/aromatic N) is 1. The van der Waals surface area contributed by atoms with E-state index in [1.54, 1.807) is 0 Å². The Labute approximate surface area is 120 Å². The zero-order valence-electron chi connectivity index (χ0n) is 11.5. The van der Waals surface area contributed by atoms with Crippen LogP contribution in [-0.4, -0.2) is 24.1 Å². The summed E-state index contributed by atoms with van der Waals surface area (Å²) in [6, 6.07) is 13.1. The van der Waals surface area contributed by atoms with Crippen molar-refractivity contribution in [2.75, 3.05) is 12.8 Å². The fourth-order valence-corrected chi connectivity index (χ4v) is 3.58. The molecule has 0 aromatic heterocycles. The van der Waals surface area contributed by atoms with E-state index in [9.17, 15) is 5.26 Å². The molecule has 1 aromatic carbocycles. The van der Waals surface area contributed by atoms with Crippen molar-refractivity contribution in [3.05, 3.63) is 35.9 Å². The third-order valence-electron chi connectivity index (χ3n) is 3.93. The molecule has 0 amide bonds. The highest BCUT2D eigenvalue weighted by Gasteiger charge is 2.22. The van der Waals surface area contributed by atoms with Crippen molar-refractivity contribution in [2.24, 2.45) is 0 Å². The van der Waals surface area contributed by atoms with Crippen LogP contribution in [0.2, 0.25) is 0 Å². The average Bonchev–Trinajstić information content (AvgIpc) is 2.49. The maximum Gasteiger partial charge on any atom is 0.0837 e. The molecule has 1 aromatic rings. The van der Waals surface area contributed by atoms with E-state index < -0.39 is 0 Å². The van der Waals surface area contributed by atoms with Crippen LogP contribution in [-0.2, 0) is 0 Å². The molecular weight excluding hydrogens is 252 g/mol. The second kappa shape index (κ2) is 7.57. The van der Waals surface area contributed by atoms with Crippen LogP contribution in [0.5, 0.6) is 0 Å². The summed E-state index contributed by atoms with van der Waals surface area (Å²) in [6.07, 6.45) is 7.36. The zero-order chi connectivity index (χ0) is 13.5. The summed E-state index contributed by atoms with van der Waals surface area (Å²) in [4.78, 5) is 0. The van der Waals surface area contributed by atoms with Gasteiger partial charge in [-0.15, -0.1) is 0 Å². The fraction of sp³-hybridized carbons (Fsp3) is 0.562. The SMILES string of the molecule is CSC1CCCC(NCC(C#N)c2ccccc2)C1. The topological polar surface area (TPSA) is 35.8 Å². The molecule has 0 spiro atoms. The van der Waals surface area contributed by atoms with Crippen LogP contribution >= 0.6 is 11.8 Å². The van der Waals surface area contributed by atoms with E-state index in [4.69, 9.17) is 0 Å². The van der Waals surface area contributed by atoms with Crippen LogP contribution in [0.1, 0.15) is 37.2 Å². The highest BCUT2D eigenvalue weighted by molar-refractivity contribution is 7.99. The summed E-state index contributed by atoms with van der Waals surface area (Å²) >= 11 is 1.98. The van der Waals surface area contributed by atoms with Gasteiger partial charge < -0.3 is 5.32 Å². The summed E-state index contributed by atoms with van der Waals surface area (Å²) in [5.74, 6) is -0.0316. The molecule has 3 heteroatoms. The van der Waals surface area contributed by atoms with Crippen molar-refractivity contribution in [3.8, 4) is 6.07 Å². The lowest BCUT2D eigenvalue weighted by atomic mass is 9.93. The van der Waals surface area contributed by atoms with E-state index in [1.165, 1.54) is 25.7 Å². The van der Waals surface area contributed by atoms with Gasteiger partial charge in [-0.2, -0.15) is 17.0 Å². The molecule has 3 unspecified atom stereocenters. The monoisotopic (exact) mass is 274 g/mol. The van der Waals surface area contributed by atoms with Gasteiger partial charge in [-0.25, -0.2) is 0 Å². The fourth-order valence-electron chi connectivity index (χ4n) is 2.75. The summed E-state index contributed by atoms with van der Waals surface area (Å²) < 4.78 is 0. The molecule has 1 N–H and O–H groups in total. The molecule has 2 rings (SSSR count). The van der Waals surface area contributed by atoms with Gasteiger partial charge >= 0.3 is 0 Å². The second-order valence-electron chi connectivity index (χ2n) is 5.22. The van der Waals surface area contributed by atoms with Crippen LogP contribution in [0.25, 0.3) is 0 Å². The van der Waals surface area contributed by atoms with E-state index in [1.807, 2.05) is 42.1 Å². The van der Waals surface area contributed by atoms with Crippen LogP contribution < -0.4 is 5.32 Å². The summed E-state index contributed by atoms with van der Waals surface area (Å²) in [5, 5.41) is 13.7. The molecule has 0 radical (unpaired) electrons. The number of benzene rings is 1. The number of rotatable bonds is 5. The molecule has 1 saturated carbocycles. The van der Waals surface area contributed by atoms with Gasteiger partial charge in [0.15, 0.2) is 0 Å². The number of thioether (sulfide) groups is 1. The lowest BCUT2D eigenvalue weighted by Gasteiger charge is -2.29. The van der Waals surface area contributed by atoms with Crippen molar-refractivity contribution >= 4 is 11.8 Å². The highest BCUT2D eigenvalue weighted by Crippen LogP contribution is 2.27. The molecule has 1 fully saturated rings. The molecular formula is C16H22N2S. The van der Waals surface area contributed by atoms with Gasteiger partial charge in [0.2, 0.25) is 0 Å². The Bertz CT molecular complexity index is 413. The van der Waals surface area contributed by atoms with E-state index in [0.29, 0.717) is 6.04 Å². The molecule has 0 heterocycles. The predicted molar refractivity (Wildman–Crippen MR) is 82.4 cm³/mol. The average molecular weight is 274 g/mol. The predicted octanol–water partition coefficient (Wildman–Crippen LogP) is 3.56. The molecule has 3 atom stereocenters. The van der Waals surface area contributed by atoms with Crippen molar-refractivity contribution in [3.63, 3.8) is 0 Å². The summed E-state index contributed by atoms with van der Waals surface area (Å²) in [7, 11) is 0. The summed E-state index contributed by atoms with van der Waals surface area (Å²) in [6.45, 7) is 0.770. The molecule has 0 bridgehead atoms. The van der Waals surface area contributed by atoms with Gasteiger partial charge in [0.25, 0.3) is 0 Å². The van der Waals surface area contributed by atoms with Crippen molar-refractivity contribution in [1.29, 1.82) is 5.26 Å². The Balaban J connectivity index is 1.85. The van der Waals surface area contributed by atoms with Gasteiger partial charge in [0.1, 0.15) is 0 Å². The third kappa shape index (κ3) is 4.26. The molecule has 0 aliphatic heterocycles. The lowest BCUT2D eigenvalue weighted by Crippen LogP contribution is -2.37. The van der Waals surface area contributed by atoms with Crippen molar-refractivity contribution in [2.45, 2.75) is 42.9 Å². The van der Waals surface area contributed by atoms with Gasteiger partial charge in [0.05, 0.1) is 12.0 Å². The van der Waals surface area contributed by atoms with Crippen LogP contribution in [0.3, 0.4) is 0 Å².